The van der Waals surface area contributed by atoms with Crippen molar-refractivity contribution in [2.75, 3.05) is 0 Å². The lowest BCUT2D eigenvalue weighted by Gasteiger charge is -2.09. The average molecular weight is 707 g/mol. The minimum Gasteiger partial charge on any atom is -0.140 e. The van der Waals surface area contributed by atoms with Gasteiger partial charge >= 0.3 is 0 Å². The molecule has 0 aliphatic heterocycles. The molecule has 1 aliphatic carbocycles. The van der Waals surface area contributed by atoms with Crippen LogP contribution in [-0.4, -0.2) is 0 Å². The van der Waals surface area contributed by atoms with Crippen molar-refractivity contribution in [1.82, 2.24) is 0 Å². The molecule has 0 saturated carbocycles. The van der Waals surface area contributed by atoms with Gasteiger partial charge in [0.05, 0.1) is 9.40 Å². The van der Waals surface area contributed by atoms with Crippen molar-refractivity contribution >= 4 is 133 Å². The second-order valence-electron chi connectivity index (χ2n) is 13.4. The molecule has 50 heavy (non-hydrogen) atoms. The molecule has 0 N–H and O–H groups in total. The predicted molar refractivity (Wildman–Crippen MR) is 226 cm³/mol. The van der Waals surface area contributed by atoms with Crippen LogP contribution < -0.4 is 0 Å². The first kappa shape index (κ1) is 27.9. The molecule has 0 spiro atoms. The highest BCUT2D eigenvalue weighted by Crippen LogP contribution is 2.51. The van der Waals surface area contributed by atoms with Gasteiger partial charge in [-0.1, -0.05) is 103 Å². The summed E-state index contributed by atoms with van der Waals surface area (Å²) in [4.78, 5) is 1.53. The number of hydrogen-bond donors (Lipinski definition) is 0. The maximum Gasteiger partial charge on any atom is 0.0540 e. The van der Waals surface area contributed by atoms with Crippen molar-refractivity contribution in [2.45, 2.75) is 12.8 Å². The highest BCUT2D eigenvalue weighted by molar-refractivity contribution is 7.34. The van der Waals surface area contributed by atoms with Crippen molar-refractivity contribution in [3.8, 4) is 22.3 Å². The third kappa shape index (κ3) is 3.80. The molecule has 234 valence electrons. The SMILES string of the molecule is C1=Cc2c(sc3cccc(-c4ccc5c(c4)sc4c6sc7cc(-c8cccc9sc%10ccccc%10c89)ccc7c6c6ccccc6c54)c23)CC1. The molecule has 4 heteroatoms. The van der Waals surface area contributed by atoms with Crippen LogP contribution in [0, 0.1) is 0 Å². The molecule has 0 radical (unpaired) electrons. The second-order valence-corrected chi connectivity index (χ2v) is 17.7. The van der Waals surface area contributed by atoms with Gasteiger partial charge in [0, 0.05) is 66.1 Å². The van der Waals surface area contributed by atoms with Gasteiger partial charge in [-0.2, -0.15) is 0 Å². The smallest absolute Gasteiger partial charge is 0.0540 e. The highest BCUT2D eigenvalue weighted by atomic mass is 32.1. The first-order chi connectivity index (χ1) is 24.8. The number of aryl methyl sites for hydroxylation is 1. The van der Waals surface area contributed by atoms with Gasteiger partial charge < -0.3 is 0 Å². The summed E-state index contributed by atoms with van der Waals surface area (Å²) in [5.41, 5.74) is 6.71. The van der Waals surface area contributed by atoms with Gasteiger partial charge in [0.25, 0.3) is 0 Å². The fraction of sp³-hybridized carbons (Fsp3) is 0.0435. The zero-order valence-corrected chi connectivity index (χ0v) is 30.0. The molecule has 7 aromatic carbocycles. The molecule has 0 nitrogen and oxygen atoms in total. The third-order valence-corrected chi connectivity index (χ3v) is 15.6. The van der Waals surface area contributed by atoms with Gasteiger partial charge in [-0.05, 0) is 81.8 Å². The maximum atomic E-state index is 2.46. The van der Waals surface area contributed by atoms with Gasteiger partial charge in [-0.15, -0.1) is 45.3 Å². The first-order valence-electron chi connectivity index (χ1n) is 17.1. The normalized spacial score (nSPS) is 13.4. The van der Waals surface area contributed by atoms with Crippen molar-refractivity contribution in [1.29, 1.82) is 0 Å². The van der Waals surface area contributed by atoms with Crippen molar-refractivity contribution in [2.24, 2.45) is 0 Å². The number of fused-ring (bicyclic) bond motifs is 16. The summed E-state index contributed by atoms with van der Waals surface area (Å²) in [6, 6.07) is 46.0. The van der Waals surface area contributed by atoms with Crippen molar-refractivity contribution < 1.29 is 0 Å². The largest absolute Gasteiger partial charge is 0.140 e. The molecule has 0 amide bonds. The summed E-state index contributed by atoms with van der Waals surface area (Å²) in [5, 5.41) is 12.4. The fourth-order valence-electron chi connectivity index (χ4n) is 8.56. The highest BCUT2D eigenvalue weighted by Gasteiger charge is 2.21. The molecule has 4 aromatic heterocycles. The van der Waals surface area contributed by atoms with E-state index in [-0.39, 0.29) is 0 Å². The van der Waals surface area contributed by atoms with Crippen molar-refractivity contribution in [3.63, 3.8) is 0 Å². The molecule has 0 atom stereocenters. The number of thiophene rings is 4. The monoisotopic (exact) mass is 706 g/mol. The summed E-state index contributed by atoms with van der Waals surface area (Å²) in [6.07, 6.45) is 7.00. The fourth-order valence-corrected chi connectivity index (χ4v) is 13.6. The molecular weight excluding hydrogens is 681 g/mol. The van der Waals surface area contributed by atoms with E-state index in [0.717, 1.165) is 12.8 Å². The Labute approximate surface area is 303 Å². The summed E-state index contributed by atoms with van der Waals surface area (Å²) in [5.74, 6) is 0. The zero-order valence-electron chi connectivity index (χ0n) is 26.7. The number of hydrogen-bond acceptors (Lipinski definition) is 4. The Kier molecular flexibility index (Phi) is 5.78. The first-order valence-corrected chi connectivity index (χ1v) is 20.4. The number of benzene rings is 7. The minimum absolute atomic E-state index is 1.15. The van der Waals surface area contributed by atoms with Crippen molar-refractivity contribution in [3.05, 3.63) is 138 Å². The summed E-state index contributed by atoms with van der Waals surface area (Å²) < 4.78 is 9.64. The van der Waals surface area contributed by atoms with Crippen LogP contribution in [0.5, 0.6) is 0 Å². The molecular formula is C46H26S4. The number of allylic oxidation sites excluding steroid dienone is 1. The van der Waals surface area contributed by atoms with Crippen LogP contribution in [-0.2, 0) is 6.42 Å². The van der Waals surface area contributed by atoms with E-state index in [1.54, 1.807) is 0 Å². The minimum atomic E-state index is 1.15. The Morgan fingerprint density at radius 3 is 1.64 bits per heavy atom. The Morgan fingerprint density at radius 2 is 0.960 bits per heavy atom. The molecule has 0 bridgehead atoms. The maximum absolute atomic E-state index is 2.46. The molecule has 0 fully saturated rings. The van der Waals surface area contributed by atoms with E-state index in [1.807, 2.05) is 45.3 Å². The summed E-state index contributed by atoms with van der Waals surface area (Å²) in [7, 11) is 0. The molecule has 12 rings (SSSR count). The van der Waals surface area contributed by atoms with E-state index >= 15 is 0 Å². The van der Waals surface area contributed by atoms with Crippen LogP contribution >= 0.6 is 45.3 Å². The third-order valence-electron chi connectivity index (χ3n) is 10.7. The van der Waals surface area contributed by atoms with E-state index in [0.29, 0.717) is 0 Å². The lowest BCUT2D eigenvalue weighted by atomic mass is 9.94. The van der Waals surface area contributed by atoms with Crippen LogP contribution in [0.25, 0.3) is 110 Å². The Bertz CT molecular complexity index is 3270. The topological polar surface area (TPSA) is 0 Å². The van der Waals surface area contributed by atoms with Gasteiger partial charge in [-0.3, -0.25) is 0 Å². The van der Waals surface area contributed by atoms with Gasteiger partial charge in [0.15, 0.2) is 0 Å². The molecule has 4 heterocycles. The summed E-state index contributed by atoms with van der Waals surface area (Å²) in [6.45, 7) is 0. The molecule has 1 aliphatic rings. The van der Waals surface area contributed by atoms with E-state index in [4.69, 9.17) is 0 Å². The molecule has 0 saturated heterocycles. The summed E-state index contributed by atoms with van der Waals surface area (Å²) >= 11 is 7.80. The van der Waals surface area contributed by atoms with E-state index in [1.165, 1.54) is 114 Å². The Morgan fingerprint density at radius 1 is 0.400 bits per heavy atom. The quantitative estimate of drug-likeness (QED) is 0.168. The number of rotatable bonds is 2. The van der Waals surface area contributed by atoms with Gasteiger partial charge in [0.2, 0.25) is 0 Å². The Balaban J connectivity index is 1.11. The van der Waals surface area contributed by atoms with E-state index in [2.05, 4.69) is 133 Å². The standard InChI is InChI=1S/C46H26S4/c1-2-10-30-29(9-1)43-33-21-19-25(27-13-7-17-37-41(27)31-11-3-5-15-35(31)47-37)23-39(33)49-45(43)46-44(30)34-22-20-26(24-40(34)50-46)28-14-8-18-38-42(28)32-12-4-6-16-36(32)48-38/h1-5,7-15,17-24H,6,16H2. The molecule has 0 unspecified atom stereocenters. The zero-order chi connectivity index (χ0) is 32.5. The Hall–Kier alpha value is -4.84. The van der Waals surface area contributed by atoms with Crippen LogP contribution in [0.4, 0.5) is 0 Å². The van der Waals surface area contributed by atoms with Crippen LogP contribution in [0.15, 0.2) is 127 Å². The second kappa shape index (κ2) is 10.3. The van der Waals surface area contributed by atoms with Gasteiger partial charge in [-0.25, -0.2) is 0 Å². The lowest BCUT2D eigenvalue weighted by Crippen LogP contribution is -1.88. The lowest BCUT2D eigenvalue weighted by molar-refractivity contribution is 1.02. The molecule has 11 aromatic rings. The average Bonchev–Trinajstić information content (AvgIpc) is 3.94. The predicted octanol–water partition coefficient (Wildman–Crippen LogP) is 15.5. The van der Waals surface area contributed by atoms with Crippen LogP contribution in [0.2, 0.25) is 0 Å². The van der Waals surface area contributed by atoms with Crippen LogP contribution in [0.3, 0.4) is 0 Å². The van der Waals surface area contributed by atoms with E-state index < -0.39 is 0 Å². The van der Waals surface area contributed by atoms with Gasteiger partial charge in [0.1, 0.15) is 0 Å². The van der Waals surface area contributed by atoms with E-state index in [9.17, 15) is 0 Å². The van der Waals surface area contributed by atoms with Crippen LogP contribution in [0.1, 0.15) is 16.9 Å².